The van der Waals surface area contributed by atoms with Crippen molar-refractivity contribution in [3.05, 3.63) is 21.4 Å². The minimum atomic E-state index is -0.497. The zero-order valence-electron chi connectivity index (χ0n) is 18.1. The maximum atomic E-state index is 15.2. The predicted octanol–water partition coefficient (Wildman–Crippen LogP) is 3.62. The summed E-state index contributed by atoms with van der Waals surface area (Å²) in [6, 6.07) is 2.33. The number of piperazine rings is 1. The van der Waals surface area contributed by atoms with Crippen molar-refractivity contribution in [3.63, 3.8) is 0 Å². The van der Waals surface area contributed by atoms with Gasteiger partial charge in [0.1, 0.15) is 17.4 Å². The second-order valence-electron chi connectivity index (χ2n) is 9.01. The van der Waals surface area contributed by atoms with Crippen LogP contribution in [0.5, 0.6) is 6.01 Å². The highest BCUT2D eigenvalue weighted by atomic mass is 79.9. The number of nitrogens with one attached hydrogen (secondary N) is 1. The number of aromatic nitrogens is 2. The Morgan fingerprint density at radius 3 is 2.69 bits per heavy atom. The summed E-state index contributed by atoms with van der Waals surface area (Å²) in [4.78, 5) is 13.8. The fourth-order valence-corrected chi connectivity index (χ4v) is 5.42. The molecule has 2 bridgehead atoms. The van der Waals surface area contributed by atoms with Gasteiger partial charge in [-0.25, -0.2) is 4.39 Å². The van der Waals surface area contributed by atoms with Crippen LogP contribution in [0.3, 0.4) is 0 Å². The van der Waals surface area contributed by atoms with Gasteiger partial charge in [0.05, 0.1) is 22.7 Å². The van der Waals surface area contributed by atoms with E-state index in [0.29, 0.717) is 42.5 Å². The molecule has 32 heavy (non-hydrogen) atoms. The summed E-state index contributed by atoms with van der Waals surface area (Å²) in [5.41, 5.74) is 0.214. The summed E-state index contributed by atoms with van der Waals surface area (Å²) in [5, 5.41) is 4.46. The van der Waals surface area contributed by atoms with E-state index in [1.807, 2.05) is 6.92 Å². The molecule has 0 aliphatic carbocycles. The number of piperidine rings is 1. The number of anilines is 1. The molecule has 5 rings (SSSR count). The van der Waals surface area contributed by atoms with Crippen molar-refractivity contribution in [1.29, 1.82) is 0 Å². The molecule has 3 saturated heterocycles. The van der Waals surface area contributed by atoms with Gasteiger partial charge >= 0.3 is 6.01 Å². The molecule has 3 atom stereocenters. The third-order valence-corrected chi connectivity index (χ3v) is 7.65. The number of likely N-dealkylation sites (tertiary alicyclic amines) is 1. The monoisotopic (exact) mass is 527 g/mol. The Hall–Kier alpha value is -1.26. The van der Waals surface area contributed by atoms with E-state index < -0.39 is 5.82 Å². The first-order chi connectivity index (χ1) is 15.5. The van der Waals surface area contributed by atoms with E-state index in [4.69, 9.17) is 26.1 Å². The number of halogens is 3. The van der Waals surface area contributed by atoms with Crippen molar-refractivity contribution in [2.75, 3.05) is 50.8 Å². The first-order valence-corrected chi connectivity index (χ1v) is 12.5. The quantitative estimate of drug-likeness (QED) is 0.595. The molecule has 174 valence electrons. The molecule has 1 aromatic carbocycles. The molecule has 4 heterocycles. The zero-order valence-corrected chi connectivity index (χ0v) is 20.5. The van der Waals surface area contributed by atoms with E-state index in [0.717, 1.165) is 19.6 Å². The van der Waals surface area contributed by atoms with Crippen LogP contribution >= 0.6 is 27.5 Å². The molecule has 3 aliphatic heterocycles. The van der Waals surface area contributed by atoms with Crippen molar-refractivity contribution < 1.29 is 13.9 Å². The van der Waals surface area contributed by atoms with Gasteiger partial charge in [-0.3, -0.25) is 4.90 Å². The van der Waals surface area contributed by atoms with Crippen molar-refractivity contribution in [1.82, 2.24) is 20.2 Å². The summed E-state index contributed by atoms with van der Waals surface area (Å²) >= 11 is 9.55. The molecule has 0 spiro atoms. The average Bonchev–Trinajstić information content (AvgIpc) is 2.78. The molecule has 1 N–H and O–H groups in total. The Labute approximate surface area is 200 Å². The Kier molecular flexibility index (Phi) is 6.72. The van der Waals surface area contributed by atoms with Crippen LogP contribution in [0.4, 0.5) is 10.2 Å². The van der Waals surface area contributed by atoms with E-state index in [1.165, 1.54) is 19.3 Å². The fraction of sp³-hybridized carbons (Fsp3) is 0.636. The van der Waals surface area contributed by atoms with Gasteiger partial charge in [-0.2, -0.15) is 9.97 Å². The van der Waals surface area contributed by atoms with E-state index in [9.17, 15) is 0 Å². The minimum absolute atomic E-state index is 0.104. The molecule has 3 aliphatic rings. The number of hydrogen-bond acceptors (Lipinski definition) is 7. The first kappa shape index (κ1) is 22.5. The highest BCUT2D eigenvalue weighted by molar-refractivity contribution is 9.10. The molecule has 3 fully saturated rings. The predicted molar refractivity (Wildman–Crippen MR) is 126 cm³/mol. The van der Waals surface area contributed by atoms with E-state index in [1.54, 1.807) is 6.07 Å². The van der Waals surface area contributed by atoms with E-state index in [-0.39, 0.29) is 34.2 Å². The number of fused-ring (bicyclic) bond motifs is 3. The number of rotatable bonds is 5. The minimum Gasteiger partial charge on any atom is -0.459 e. The lowest BCUT2D eigenvalue weighted by Gasteiger charge is -2.43. The topological polar surface area (TPSA) is 62.8 Å². The number of hydrogen-bond donors (Lipinski definition) is 1. The lowest BCUT2D eigenvalue weighted by Crippen LogP contribution is -2.63. The lowest BCUT2D eigenvalue weighted by molar-refractivity contribution is 0.0374. The van der Waals surface area contributed by atoms with Crippen LogP contribution in [-0.4, -0.2) is 79.0 Å². The van der Waals surface area contributed by atoms with Gasteiger partial charge in [-0.1, -0.05) is 18.0 Å². The van der Waals surface area contributed by atoms with Gasteiger partial charge in [0.2, 0.25) is 0 Å². The SMILES string of the molecule is CC(CN1CCCCC1)Oc1nc(N2CC3COCC(C2)N3)c2cc(Cl)c(Br)c(F)c2n1. The smallest absolute Gasteiger partial charge is 0.319 e. The Morgan fingerprint density at radius 2 is 1.97 bits per heavy atom. The van der Waals surface area contributed by atoms with Crippen molar-refractivity contribution in [3.8, 4) is 6.01 Å². The second-order valence-corrected chi connectivity index (χ2v) is 10.2. The highest BCUT2D eigenvalue weighted by Crippen LogP contribution is 2.37. The molecule has 3 unspecified atom stereocenters. The third kappa shape index (κ3) is 4.68. The van der Waals surface area contributed by atoms with Crippen LogP contribution in [0.2, 0.25) is 5.02 Å². The summed E-state index contributed by atoms with van der Waals surface area (Å²) in [5.74, 6) is 0.158. The number of morpholine rings is 1. The van der Waals surface area contributed by atoms with E-state index in [2.05, 4.69) is 36.0 Å². The summed E-state index contributed by atoms with van der Waals surface area (Å²) in [6.45, 7) is 7.70. The molecule has 0 radical (unpaired) electrons. The van der Waals surface area contributed by atoms with Crippen LogP contribution in [0.15, 0.2) is 10.5 Å². The highest BCUT2D eigenvalue weighted by Gasteiger charge is 2.33. The van der Waals surface area contributed by atoms with Crippen molar-refractivity contribution >= 4 is 44.3 Å². The molecule has 2 aromatic rings. The number of benzene rings is 1. The third-order valence-electron chi connectivity index (χ3n) is 6.35. The van der Waals surface area contributed by atoms with Gasteiger partial charge in [0.15, 0.2) is 5.82 Å². The average molecular weight is 529 g/mol. The summed E-state index contributed by atoms with van der Waals surface area (Å²) in [7, 11) is 0. The molecular weight excluding hydrogens is 501 g/mol. The first-order valence-electron chi connectivity index (χ1n) is 11.3. The van der Waals surface area contributed by atoms with Gasteiger partial charge in [-0.15, -0.1) is 0 Å². The zero-order chi connectivity index (χ0) is 22.2. The number of ether oxygens (including phenoxy) is 2. The fourth-order valence-electron chi connectivity index (χ4n) is 4.93. The van der Waals surface area contributed by atoms with E-state index >= 15 is 4.39 Å². The van der Waals surface area contributed by atoms with Crippen molar-refractivity contribution in [2.24, 2.45) is 0 Å². The van der Waals surface area contributed by atoms with Crippen LogP contribution in [0.1, 0.15) is 26.2 Å². The molecule has 0 amide bonds. The largest absolute Gasteiger partial charge is 0.459 e. The molecule has 10 heteroatoms. The molecular formula is C22H28BrClFN5O2. The van der Waals surface area contributed by atoms with Crippen molar-refractivity contribution in [2.45, 2.75) is 44.4 Å². The summed E-state index contributed by atoms with van der Waals surface area (Å²) in [6.07, 6.45) is 3.63. The Balaban J connectivity index is 1.48. The lowest BCUT2D eigenvalue weighted by atomic mass is 10.1. The van der Waals surface area contributed by atoms with Crippen LogP contribution in [0, 0.1) is 5.82 Å². The number of nitrogens with zero attached hydrogens (tertiary/aromatic N) is 4. The van der Waals surface area contributed by atoms with Gasteiger partial charge < -0.3 is 19.7 Å². The van der Waals surface area contributed by atoms with Crippen LogP contribution < -0.4 is 15.0 Å². The normalized spacial score (nSPS) is 25.2. The maximum absolute atomic E-state index is 15.2. The second kappa shape index (κ2) is 9.54. The summed E-state index contributed by atoms with van der Waals surface area (Å²) < 4.78 is 27.2. The van der Waals surface area contributed by atoms with Crippen LogP contribution in [-0.2, 0) is 4.74 Å². The molecule has 0 saturated carbocycles. The van der Waals surface area contributed by atoms with Gasteiger partial charge in [0, 0.05) is 37.1 Å². The van der Waals surface area contributed by atoms with Gasteiger partial charge in [0.25, 0.3) is 0 Å². The van der Waals surface area contributed by atoms with Crippen LogP contribution in [0.25, 0.3) is 10.9 Å². The Bertz CT molecular complexity index is 981. The maximum Gasteiger partial charge on any atom is 0.319 e. The standard InChI is InChI=1S/C22H28BrClFN5O2/c1-13(8-29-5-3-2-4-6-29)32-22-27-20-16(7-17(24)18(23)19(20)25)21(28-22)30-9-14-11-31-12-15(10-30)26-14/h7,13-15,26H,2-6,8-12H2,1H3. The Morgan fingerprint density at radius 1 is 1.25 bits per heavy atom. The molecule has 1 aromatic heterocycles. The molecule has 7 nitrogen and oxygen atoms in total. The van der Waals surface area contributed by atoms with Gasteiger partial charge in [-0.05, 0) is 54.9 Å².